The molecule has 1 aliphatic rings. The lowest BCUT2D eigenvalue weighted by molar-refractivity contribution is 0.438. The summed E-state index contributed by atoms with van der Waals surface area (Å²) in [5.41, 5.74) is 1.33. The van der Waals surface area contributed by atoms with Crippen molar-refractivity contribution in [3.63, 3.8) is 0 Å². The third-order valence-corrected chi connectivity index (χ3v) is 4.03. The molecule has 90 valence electrons. The van der Waals surface area contributed by atoms with Gasteiger partial charge in [0, 0.05) is 17.8 Å². The van der Waals surface area contributed by atoms with Gasteiger partial charge in [-0.1, -0.05) is 33.1 Å². The highest BCUT2D eigenvalue weighted by molar-refractivity contribution is 7.13. The Hall–Kier alpha value is -0.570. The molecule has 0 aliphatic heterocycles. The van der Waals surface area contributed by atoms with Crippen LogP contribution in [0.15, 0.2) is 5.38 Å². The maximum absolute atomic E-state index is 4.71. The zero-order valence-electron chi connectivity index (χ0n) is 10.3. The van der Waals surface area contributed by atoms with Crippen molar-refractivity contribution in [3.8, 4) is 0 Å². The summed E-state index contributed by atoms with van der Waals surface area (Å²) in [6, 6.07) is 0. The number of thiazole rings is 1. The quantitative estimate of drug-likeness (QED) is 0.848. The van der Waals surface area contributed by atoms with Gasteiger partial charge >= 0.3 is 0 Å². The van der Waals surface area contributed by atoms with Crippen LogP contribution in [0, 0.1) is 5.92 Å². The summed E-state index contributed by atoms with van der Waals surface area (Å²) in [7, 11) is 0. The molecule has 16 heavy (non-hydrogen) atoms. The largest absolute Gasteiger partial charge is 0.361 e. The average Bonchev–Trinajstić information content (AvgIpc) is 2.76. The fourth-order valence-electron chi connectivity index (χ4n) is 2.24. The number of nitrogens with one attached hydrogen (secondary N) is 1. The molecular formula is C13H22N2S. The standard InChI is InChI=1S/C13H22N2S/c1-10(2)8-14-13-15-12(9-16-13)11-6-4-3-5-7-11/h9-11H,3-8H2,1-2H3,(H,14,15). The van der Waals surface area contributed by atoms with Gasteiger partial charge in [-0.2, -0.15) is 0 Å². The van der Waals surface area contributed by atoms with Crippen LogP contribution in [-0.2, 0) is 0 Å². The number of hydrogen-bond donors (Lipinski definition) is 1. The van der Waals surface area contributed by atoms with Gasteiger partial charge in [0.05, 0.1) is 5.69 Å². The first-order valence-electron chi connectivity index (χ1n) is 6.45. The predicted octanol–water partition coefficient (Wildman–Crippen LogP) is 4.26. The number of nitrogens with zero attached hydrogens (tertiary/aromatic N) is 1. The van der Waals surface area contributed by atoms with Crippen molar-refractivity contribution in [2.24, 2.45) is 5.92 Å². The number of hydrogen-bond acceptors (Lipinski definition) is 3. The second-order valence-corrected chi connectivity index (χ2v) is 6.05. The smallest absolute Gasteiger partial charge is 0.182 e. The summed E-state index contributed by atoms with van der Waals surface area (Å²) in [6.07, 6.45) is 6.87. The molecule has 0 amide bonds. The van der Waals surface area contributed by atoms with Crippen LogP contribution in [0.5, 0.6) is 0 Å². The molecule has 0 spiro atoms. The van der Waals surface area contributed by atoms with Crippen molar-refractivity contribution in [1.82, 2.24) is 4.98 Å². The zero-order chi connectivity index (χ0) is 11.4. The van der Waals surface area contributed by atoms with Gasteiger partial charge in [-0.3, -0.25) is 0 Å². The van der Waals surface area contributed by atoms with Crippen LogP contribution in [0.2, 0.25) is 0 Å². The molecule has 1 heterocycles. The summed E-state index contributed by atoms with van der Waals surface area (Å²) in [5, 5.41) is 6.77. The van der Waals surface area contributed by atoms with Crippen molar-refractivity contribution in [3.05, 3.63) is 11.1 Å². The normalized spacial score (nSPS) is 17.9. The van der Waals surface area contributed by atoms with E-state index in [2.05, 4.69) is 24.5 Å². The van der Waals surface area contributed by atoms with Crippen molar-refractivity contribution < 1.29 is 0 Å². The number of aromatic nitrogens is 1. The summed E-state index contributed by atoms with van der Waals surface area (Å²) >= 11 is 1.76. The van der Waals surface area contributed by atoms with Gasteiger partial charge in [0.1, 0.15) is 0 Å². The van der Waals surface area contributed by atoms with E-state index in [0.29, 0.717) is 5.92 Å². The first-order chi connectivity index (χ1) is 7.75. The van der Waals surface area contributed by atoms with Crippen molar-refractivity contribution >= 4 is 16.5 Å². The van der Waals surface area contributed by atoms with E-state index in [4.69, 9.17) is 4.98 Å². The van der Waals surface area contributed by atoms with E-state index in [0.717, 1.165) is 17.6 Å². The Kier molecular flexibility index (Phi) is 4.22. The maximum Gasteiger partial charge on any atom is 0.182 e. The molecule has 0 unspecified atom stereocenters. The van der Waals surface area contributed by atoms with Gasteiger partial charge in [-0.15, -0.1) is 11.3 Å². The SMILES string of the molecule is CC(C)CNc1nc(C2CCCCC2)cs1. The first-order valence-corrected chi connectivity index (χ1v) is 7.33. The minimum atomic E-state index is 0.682. The van der Waals surface area contributed by atoms with Crippen LogP contribution in [0.4, 0.5) is 5.13 Å². The van der Waals surface area contributed by atoms with Crippen LogP contribution in [0.3, 0.4) is 0 Å². The average molecular weight is 238 g/mol. The molecule has 1 N–H and O–H groups in total. The second kappa shape index (κ2) is 5.67. The molecule has 0 radical (unpaired) electrons. The second-order valence-electron chi connectivity index (χ2n) is 5.19. The maximum atomic E-state index is 4.71. The minimum Gasteiger partial charge on any atom is -0.361 e. The van der Waals surface area contributed by atoms with Crippen molar-refractivity contribution in [2.75, 3.05) is 11.9 Å². The first kappa shape index (κ1) is 11.9. The summed E-state index contributed by atoms with van der Waals surface area (Å²) < 4.78 is 0. The van der Waals surface area contributed by atoms with Gasteiger partial charge in [-0.25, -0.2) is 4.98 Å². The van der Waals surface area contributed by atoms with Crippen molar-refractivity contribution in [1.29, 1.82) is 0 Å². The van der Waals surface area contributed by atoms with E-state index < -0.39 is 0 Å². The Bertz CT molecular complexity index is 313. The van der Waals surface area contributed by atoms with Crippen LogP contribution >= 0.6 is 11.3 Å². The predicted molar refractivity (Wildman–Crippen MR) is 71.3 cm³/mol. The van der Waals surface area contributed by atoms with Gasteiger partial charge < -0.3 is 5.32 Å². The van der Waals surface area contributed by atoms with E-state index in [1.165, 1.54) is 37.8 Å². The van der Waals surface area contributed by atoms with Gasteiger partial charge in [0.15, 0.2) is 5.13 Å². The molecule has 3 heteroatoms. The zero-order valence-corrected chi connectivity index (χ0v) is 11.1. The van der Waals surface area contributed by atoms with E-state index in [9.17, 15) is 0 Å². The molecule has 1 aromatic rings. The molecule has 1 aromatic heterocycles. The van der Waals surface area contributed by atoms with Gasteiger partial charge in [-0.05, 0) is 18.8 Å². The lowest BCUT2D eigenvalue weighted by Crippen LogP contribution is -2.08. The Balaban J connectivity index is 1.90. The van der Waals surface area contributed by atoms with E-state index in [1.807, 2.05) is 0 Å². The molecule has 1 aliphatic carbocycles. The third-order valence-electron chi connectivity index (χ3n) is 3.21. The van der Waals surface area contributed by atoms with Gasteiger partial charge in [0.25, 0.3) is 0 Å². The molecule has 0 saturated heterocycles. The minimum absolute atomic E-state index is 0.682. The number of rotatable bonds is 4. The lowest BCUT2D eigenvalue weighted by atomic mass is 9.87. The molecule has 2 nitrogen and oxygen atoms in total. The number of anilines is 1. The fourth-order valence-corrected chi connectivity index (χ4v) is 3.05. The molecule has 1 fully saturated rings. The van der Waals surface area contributed by atoms with Crippen molar-refractivity contribution in [2.45, 2.75) is 51.9 Å². The molecule has 0 aromatic carbocycles. The van der Waals surface area contributed by atoms with Crippen LogP contribution in [0.25, 0.3) is 0 Å². The molecule has 0 atom stereocenters. The molecule has 1 saturated carbocycles. The fraction of sp³-hybridized carbons (Fsp3) is 0.769. The Morgan fingerprint density at radius 3 is 2.81 bits per heavy atom. The Morgan fingerprint density at radius 1 is 1.38 bits per heavy atom. The summed E-state index contributed by atoms with van der Waals surface area (Å²) in [4.78, 5) is 4.71. The topological polar surface area (TPSA) is 24.9 Å². The van der Waals surface area contributed by atoms with E-state index in [-0.39, 0.29) is 0 Å². The summed E-state index contributed by atoms with van der Waals surface area (Å²) in [5.74, 6) is 1.42. The molecule has 2 rings (SSSR count). The molecular weight excluding hydrogens is 216 g/mol. The van der Waals surface area contributed by atoms with Gasteiger partial charge in [0.2, 0.25) is 0 Å². The van der Waals surface area contributed by atoms with E-state index in [1.54, 1.807) is 11.3 Å². The van der Waals surface area contributed by atoms with Crippen LogP contribution < -0.4 is 5.32 Å². The van der Waals surface area contributed by atoms with Crippen LogP contribution in [-0.4, -0.2) is 11.5 Å². The Labute approximate surface area is 102 Å². The highest BCUT2D eigenvalue weighted by atomic mass is 32.1. The highest BCUT2D eigenvalue weighted by Gasteiger charge is 2.18. The summed E-state index contributed by atoms with van der Waals surface area (Å²) in [6.45, 7) is 5.48. The lowest BCUT2D eigenvalue weighted by Gasteiger charge is -2.19. The Morgan fingerprint density at radius 2 is 2.12 bits per heavy atom. The highest BCUT2D eigenvalue weighted by Crippen LogP contribution is 2.33. The molecule has 0 bridgehead atoms. The van der Waals surface area contributed by atoms with E-state index >= 15 is 0 Å². The monoisotopic (exact) mass is 238 g/mol. The third kappa shape index (κ3) is 3.21. The van der Waals surface area contributed by atoms with Crippen LogP contribution in [0.1, 0.15) is 57.6 Å².